The van der Waals surface area contributed by atoms with Crippen molar-refractivity contribution in [2.75, 3.05) is 65.4 Å². The number of carbonyl (C=O) groups is 9. The Labute approximate surface area is 476 Å². The van der Waals surface area contributed by atoms with E-state index < -0.39 is 92.2 Å². The highest BCUT2D eigenvalue weighted by atomic mass is 19.4. The van der Waals surface area contributed by atoms with Gasteiger partial charge in [0, 0.05) is 39.3 Å². The van der Waals surface area contributed by atoms with Crippen LogP contribution in [0.5, 0.6) is 0 Å². The Morgan fingerprint density at radius 2 is 0.619 bits per heavy atom. The fraction of sp³-hybridized carbons (Fsp3) is 0.389. The third-order valence-corrected chi connectivity index (χ3v) is 11.0. The van der Waals surface area contributed by atoms with Crippen molar-refractivity contribution in [1.29, 1.82) is 0 Å². The first-order chi connectivity index (χ1) is 39.4. The van der Waals surface area contributed by atoms with Crippen LogP contribution >= 0.6 is 0 Å². The number of hydrogen-bond donors (Lipinski definition) is 7. The van der Waals surface area contributed by atoms with Crippen LogP contribution in [0.2, 0.25) is 0 Å². The van der Waals surface area contributed by atoms with Crippen LogP contribution in [-0.2, 0) is 69.3 Å². The number of hydrogen-bond acceptors (Lipinski definition) is 12. The van der Waals surface area contributed by atoms with Gasteiger partial charge in [0.2, 0.25) is 29.5 Å². The largest absolute Gasteiger partial charge is 0.490 e. The molecule has 30 heteroatoms. The van der Waals surface area contributed by atoms with Crippen molar-refractivity contribution in [2.45, 2.75) is 70.4 Å². The Kier molecular flexibility index (Phi) is 33.4. The Hall–Kier alpha value is -8.64. The second-order valence-electron chi connectivity index (χ2n) is 17.7. The monoisotopic (exact) mass is 1200 g/mol. The molecule has 9 N–H and O–H groups in total. The van der Waals surface area contributed by atoms with Crippen LogP contribution in [-0.4, -0.2) is 182 Å². The lowest BCUT2D eigenvalue weighted by atomic mass is 10.2. The molecule has 0 radical (unpaired) electrons. The normalized spacial score (nSPS) is 10.9. The average molecular weight is 1210 g/mol. The van der Waals surface area contributed by atoms with Crippen molar-refractivity contribution in [3.63, 3.8) is 0 Å². The molecule has 0 heterocycles. The molecule has 0 aliphatic rings. The predicted octanol–water partition coefficient (Wildman–Crippen LogP) is 4.98. The summed E-state index contributed by atoms with van der Waals surface area (Å²) in [4.78, 5) is 116. The molecular formula is C54H65F9N8O13. The van der Waals surface area contributed by atoms with Gasteiger partial charge in [-0.1, -0.05) is 121 Å². The summed E-state index contributed by atoms with van der Waals surface area (Å²) >= 11 is 0. The summed E-state index contributed by atoms with van der Waals surface area (Å²) in [6.07, 6.45) is -13.0. The molecule has 0 spiro atoms. The molecule has 0 bridgehead atoms. The smallest absolute Gasteiger partial charge is 0.480 e. The lowest BCUT2D eigenvalue weighted by Gasteiger charge is -2.32. The highest BCUT2D eigenvalue weighted by Gasteiger charge is 2.39. The van der Waals surface area contributed by atoms with Gasteiger partial charge >= 0.3 is 42.4 Å². The third-order valence-electron chi connectivity index (χ3n) is 11.0. The molecule has 0 aliphatic heterocycles. The molecule has 0 aromatic heterocycles. The number of carboxylic acids is 4. The molecule has 0 atom stereocenters. The zero-order valence-electron chi connectivity index (χ0n) is 45.0. The number of nitrogens with one attached hydrogen (secondary N) is 1. The van der Waals surface area contributed by atoms with E-state index in [0.717, 1.165) is 22.3 Å². The Balaban J connectivity index is 0.00000142. The van der Waals surface area contributed by atoms with Gasteiger partial charge in [0.15, 0.2) is 0 Å². The van der Waals surface area contributed by atoms with Crippen molar-refractivity contribution in [3.05, 3.63) is 144 Å². The van der Waals surface area contributed by atoms with E-state index in [1.54, 1.807) is 24.3 Å². The highest BCUT2D eigenvalue weighted by molar-refractivity contribution is 5.92. The van der Waals surface area contributed by atoms with Crippen molar-refractivity contribution < 1.29 is 103 Å². The quantitative estimate of drug-likeness (QED) is 0.0291. The number of amides is 5. The summed E-state index contributed by atoms with van der Waals surface area (Å²) in [6, 6.07) is 36.9. The first-order valence-corrected chi connectivity index (χ1v) is 25.2. The molecule has 4 aromatic carbocycles. The second kappa shape index (κ2) is 38.2. The van der Waals surface area contributed by atoms with E-state index in [0.29, 0.717) is 51.9 Å². The number of rotatable bonds is 28. The number of benzene rings is 4. The lowest BCUT2D eigenvalue weighted by Crippen LogP contribution is -2.51. The highest BCUT2D eigenvalue weighted by Crippen LogP contribution is 2.16. The number of nitrogens with zero attached hydrogens (tertiary/aromatic N) is 5. The van der Waals surface area contributed by atoms with E-state index in [4.69, 9.17) is 41.2 Å². The molecule has 4 rings (SSSR count). The van der Waals surface area contributed by atoms with E-state index in [2.05, 4.69) is 5.32 Å². The average Bonchev–Trinajstić information content (AvgIpc) is 3.64. The number of aliphatic carboxylic acids is 4. The zero-order chi connectivity index (χ0) is 63.5. The van der Waals surface area contributed by atoms with Crippen molar-refractivity contribution in [2.24, 2.45) is 11.5 Å². The Bertz CT molecular complexity index is 2600. The Morgan fingerprint density at radius 3 is 0.893 bits per heavy atom. The van der Waals surface area contributed by atoms with Crippen LogP contribution in [0.1, 0.15) is 47.9 Å². The van der Waals surface area contributed by atoms with Crippen LogP contribution in [0.15, 0.2) is 121 Å². The maximum Gasteiger partial charge on any atom is 0.490 e. The van der Waals surface area contributed by atoms with E-state index in [1.807, 2.05) is 97.1 Å². The van der Waals surface area contributed by atoms with Gasteiger partial charge in [-0.3, -0.25) is 28.8 Å². The molecule has 21 nitrogen and oxygen atoms in total. The number of carboxylic acid groups (broad SMARTS) is 4. The molecule has 0 saturated heterocycles. The van der Waals surface area contributed by atoms with E-state index in [9.17, 15) is 73.4 Å². The minimum atomic E-state index is -5.08. The molecular weight excluding hydrogens is 1140 g/mol. The number of alkyl halides is 9. The summed E-state index contributed by atoms with van der Waals surface area (Å²) in [5.41, 5.74) is 14.8. The summed E-state index contributed by atoms with van der Waals surface area (Å²) in [7, 11) is 0. The Morgan fingerprint density at radius 1 is 0.369 bits per heavy atom. The van der Waals surface area contributed by atoms with Crippen molar-refractivity contribution in [1.82, 2.24) is 29.8 Å². The van der Waals surface area contributed by atoms with E-state index >= 15 is 0 Å². The number of nitrogens with two attached hydrogens (primary N) is 2. The van der Waals surface area contributed by atoms with Crippen LogP contribution in [0.25, 0.3) is 0 Å². The predicted molar refractivity (Wildman–Crippen MR) is 282 cm³/mol. The number of carbonyl (C=O) groups excluding carboxylic acids is 5. The fourth-order valence-corrected chi connectivity index (χ4v) is 6.82. The van der Waals surface area contributed by atoms with Crippen LogP contribution in [0.3, 0.4) is 0 Å². The fourth-order valence-electron chi connectivity index (χ4n) is 6.82. The molecule has 4 aromatic rings. The maximum atomic E-state index is 14.5. The molecule has 84 heavy (non-hydrogen) atoms. The van der Waals surface area contributed by atoms with Crippen molar-refractivity contribution >= 4 is 53.4 Å². The summed E-state index contributed by atoms with van der Waals surface area (Å²) in [5.74, 6) is -11.8. The van der Waals surface area contributed by atoms with Gasteiger partial charge in [0.1, 0.15) is 19.6 Å². The summed E-state index contributed by atoms with van der Waals surface area (Å²) in [5, 5.41) is 34.2. The zero-order valence-corrected chi connectivity index (χ0v) is 45.0. The van der Waals surface area contributed by atoms with Gasteiger partial charge in [-0.15, -0.1) is 0 Å². The van der Waals surface area contributed by atoms with Gasteiger partial charge in [0.25, 0.3) is 0 Å². The first kappa shape index (κ1) is 73.4. The minimum absolute atomic E-state index is 0.0000138. The molecule has 0 unspecified atom stereocenters. The van der Waals surface area contributed by atoms with Gasteiger partial charge in [-0.05, 0) is 61.0 Å². The maximum absolute atomic E-state index is 14.5. The molecule has 0 fully saturated rings. The van der Waals surface area contributed by atoms with Gasteiger partial charge in [-0.2, -0.15) is 39.5 Å². The molecule has 5 amide bonds. The van der Waals surface area contributed by atoms with Crippen LogP contribution in [0, 0.1) is 0 Å². The lowest BCUT2D eigenvalue weighted by molar-refractivity contribution is -0.193. The first-order valence-electron chi connectivity index (χ1n) is 25.2. The third kappa shape index (κ3) is 32.1. The molecule has 0 saturated carbocycles. The van der Waals surface area contributed by atoms with E-state index in [-0.39, 0.29) is 45.2 Å². The standard InChI is InChI=1S/C48H62N8O7.3C2HF3O2/c49-25-13-15-27-52(43(57)30-51-29-39-17-5-1-6-18-39)34-45(59)55(32-41-21-9-3-10-22-41)37-47(61)54(31-40-19-7-2-8-20-40)36-44(58)53(28-16-14-26-50)35-46(60)56(38-48(62)63)33-42-23-11-4-12-24-42;3*3-2(4,5)1(6)7/h1-12,17-24,51H,13-16,25-38,49-50H2,(H,62,63);3*(H,6,7). The second-order valence-corrected chi connectivity index (χ2v) is 17.7. The number of halogens is 9. The van der Waals surface area contributed by atoms with Gasteiger partial charge < -0.3 is 61.7 Å². The summed E-state index contributed by atoms with van der Waals surface area (Å²) in [6.45, 7) is -0.262. The number of unbranched alkanes of at least 4 members (excludes halogenated alkanes) is 2. The van der Waals surface area contributed by atoms with Gasteiger partial charge in [0.05, 0.1) is 19.6 Å². The van der Waals surface area contributed by atoms with Gasteiger partial charge in [-0.25, -0.2) is 14.4 Å². The minimum Gasteiger partial charge on any atom is -0.480 e. The molecule has 0 aliphatic carbocycles. The van der Waals surface area contributed by atoms with Crippen LogP contribution in [0.4, 0.5) is 39.5 Å². The van der Waals surface area contributed by atoms with Crippen molar-refractivity contribution in [3.8, 4) is 0 Å². The molecule has 462 valence electrons. The van der Waals surface area contributed by atoms with E-state index in [1.165, 1.54) is 24.5 Å². The topological polar surface area (TPSA) is 315 Å². The summed E-state index contributed by atoms with van der Waals surface area (Å²) < 4.78 is 95.2. The van der Waals surface area contributed by atoms with Crippen LogP contribution < -0.4 is 16.8 Å². The SMILES string of the molecule is NCCCCN(CC(=O)N(CC(=O)N(CC(=O)N(CCCCN)CC(=O)N(CC(=O)O)Cc1ccccc1)Cc1ccccc1)Cc1ccccc1)C(=O)CNCc1ccccc1.O=C(O)C(F)(F)F.O=C(O)C(F)(F)F.O=C(O)C(F)(F)F.